The van der Waals surface area contributed by atoms with Crippen molar-refractivity contribution in [3.05, 3.63) is 59.4 Å². The molecular weight excluding hydrogens is 293 g/mol. The van der Waals surface area contributed by atoms with Gasteiger partial charge in [-0.2, -0.15) is 0 Å². The molecule has 3 nitrogen and oxygen atoms in total. The minimum absolute atomic E-state index is 0.121. The lowest BCUT2D eigenvalue weighted by Crippen LogP contribution is -2.32. The Balaban J connectivity index is 0.000000595. The zero-order chi connectivity index (χ0) is 16.8. The highest BCUT2D eigenvalue weighted by Gasteiger charge is 2.24. The number of carbonyl (C=O) groups excluding carboxylic acids is 1. The van der Waals surface area contributed by atoms with E-state index in [2.05, 4.69) is 13.8 Å². The van der Waals surface area contributed by atoms with Gasteiger partial charge in [0.05, 0.1) is 12.1 Å². The van der Waals surface area contributed by atoms with Crippen LogP contribution in [0.5, 0.6) is 5.75 Å². The van der Waals surface area contributed by atoms with Gasteiger partial charge in [-0.25, -0.2) is 4.39 Å². The smallest absolute Gasteiger partial charge is 0.262 e. The SMILES string of the molecule is CCC.Cc1ccc2c(c1)OCCN(c1ccc(F)cc1)C2=O. The van der Waals surface area contributed by atoms with E-state index in [1.807, 2.05) is 19.1 Å². The van der Waals surface area contributed by atoms with Crippen LogP contribution in [0.25, 0.3) is 0 Å². The van der Waals surface area contributed by atoms with E-state index in [1.165, 1.54) is 18.6 Å². The van der Waals surface area contributed by atoms with E-state index in [0.717, 1.165) is 5.56 Å². The maximum Gasteiger partial charge on any atom is 0.262 e. The maximum absolute atomic E-state index is 13.0. The normalized spacial score (nSPS) is 13.4. The Hall–Kier alpha value is -2.36. The molecule has 2 aromatic rings. The van der Waals surface area contributed by atoms with Gasteiger partial charge >= 0.3 is 0 Å². The summed E-state index contributed by atoms with van der Waals surface area (Å²) in [6.45, 7) is 7.06. The Morgan fingerprint density at radius 3 is 2.43 bits per heavy atom. The monoisotopic (exact) mass is 315 g/mol. The summed E-state index contributed by atoms with van der Waals surface area (Å²) >= 11 is 0. The lowest BCUT2D eigenvalue weighted by molar-refractivity contribution is 0.0990. The number of halogens is 1. The number of rotatable bonds is 1. The van der Waals surface area contributed by atoms with Crippen LogP contribution in [0, 0.1) is 12.7 Å². The summed E-state index contributed by atoms with van der Waals surface area (Å²) < 4.78 is 18.6. The van der Waals surface area contributed by atoms with Gasteiger partial charge in [-0.05, 0) is 48.9 Å². The molecule has 0 fully saturated rings. The third kappa shape index (κ3) is 4.09. The van der Waals surface area contributed by atoms with E-state index < -0.39 is 0 Å². The van der Waals surface area contributed by atoms with Crippen LogP contribution < -0.4 is 9.64 Å². The number of hydrogen-bond acceptors (Lipinski definition) is 2. The van der Waals surface area contributed by atoms with Gasteiger partial charge in [-0.15, -0.1) is 0 Å². The number of nitrogens with zero attached hydrogens (tertiary/aromatic N) is 1. The van der Waals surface area contributed by atoms with Crippen molar-refractivity contribution in [3.8, 4) is 5.75 Å². The molecule has 23 heavy (non-hydrogen) atoms. The second-order valence-corrected chi connectivity index (χ2v) is 5.49. The fourth-order valence-electron chi connectivity index (χ4n) is 2.29. The second-order valence-electron chi connectivity index (χ2n) is 5.49. The van der Waals surface area contributed by atoms with Gasteiger partial charge in [0.15, 0.2) is 0 Å². The molecule has 0 saturated carbocycles. The summed E-state index contributed by atoms with van der Waals surface area (Å²) in [4.78, 5) is 14.2. The second kappa shape index (κ2) is 7.77. The lowest BCUT2D eigenvalue weighted by Gasteiger charge is -2.19. The summed E-state index contributed by atoms with van der Waals surface area (Å²) in [5.74, 6) is 0.173. The Morgan fingerprint density at radius 1 is 1.13 bits per heavy atom. The van der Waals surface area contributed by atoms with Crippen LogP contribution in [-0.2, 0) is 0 Å². The zero-order valence-corrected chi connectivity index (χ0v) is 13.8. The molecule has 0 N–H and O–H groups in total. The van der Waals surface area contributed by atoms with Crippen molar-refractivity contribution in [2.24, 2.45) is 0 Å². The minimum Gasteiger partial charge on any atom is -0.491 e. The van der Waals surface area contributed by atoms with Crippen molar-refractivity contribution < 1.29 is 13.9 Å². The van der Waals surface area contributed by atoms with Crippen molar-refractivity contribution in [2.75, 3.05) is 18.1 Å². The summed E-state index contributed by atoms with van der Waals surface area (Å²) in [6, 6.07) is 11.4. The minimum atomic E-state index is -0.316. The number of hydrogen-bond donors (Lipinski definition) is 0. The van der Waals surface area contributed by atoms with Crippen molar-refractivity contribution in [3.63, 3.8) is 0 Å². The van der Waals surface area contributed by atoms with Crippen LogP contribution in [-0.4, -0.2) is 19.1 Å². The molecule has 3 rings (SSSR count). The van der Waals surface area contributed by atoms with Crippen LogP contribution in [0.1, 0.15) is 36.2 Å². The largest absolute Gasteiger partial charge is 0.491 e. The van der Waals surface area contributed by atoms with E-state index in [4.69, 9.17) is 4.74 Å². The van der Waals surface area contributed by atoms with Gasteiger partial charge < -0.3 is 9.64 Å². The quantitative estimate of drug-likeness (QED) is 0.770. The van der Waals surface area contributed by atoms with E-state index in [1.54, 1.807) is 23.1 Å². The lowest BCUT2D eigenvalue weighted by atomic mass is 10.1. The molecule has 0 aromatic heterocycles. The molecule has 122 valence electrons. The third-order valence-electron chi connectivity index (χ3n) is 3.32. The fraction of sp³-hybridized carbons (Fsp3) is 0.316. The van der Waals surface area contributed by atoms with Crippen LogP contribution in [0.3, 0.4) is 0 Å². The van der Waals surface area contributed by atoms with Crippen LogP contribution in [0.2, 0.25) is 0 Å². The van der Waals surface area contributed by atoms with Crippen LogP contribution >= 0.6 is 0 Å². The molecule has 1 aliphatic heterocycles. The molecule has 1 heterocycles. The number of anilines is 1. The molecule has 0 aliphatic carbocycles. The van der Waals surface area contributed by atoms with Gasteiger partial charge in [0.25, 0.3) is 5.91 Å². The number of carbonyl (C=O) groups is 1. The maximum atomic E-state index is 13.0. The number of amides is 1. The van der Waals surface area contributed by atoms with E-state index in [-0.39, 0.29) is 11.7 Å². The van der Waals surface area contributed by atoms with Gasteiger partial charge in [0.2, 0.25) is 0 Å². The fourth-order valence-corrected chi connectivity index (χ4v) is 2.29. The Kier molecular flexibility index (Phi) is 5.74. The van der Waals surface area contributed by atoms with Crippen molar-refractivity contribution in [1.29, 1.82) is 0 Å². The number of benzene rings is 2. The molecule has 0 radical (unpaired) electrons. The third-order valence-corrected chi connectivity index (χ3v) is 3.32. The predicted molar refractivity (Wildman–Crippen MR) is 90.7 cm³/mol. The van der Waals surface area contributed by atoms with E-state index in [0.29, 0.717) is 30.2 Å². The summed E-state index contributed by atoms with van der Waals surface area (Å²) in [5, 5.41) is 0. The molecule has 4 heteroatoms. The summed E-state index contributed by atoms with van der Waals surface area (Å²) in [7, 11) is 0. The molecule has 1 amide bonds. The molecule has 0 unspecified atom stereocenters. The Morgan fingerprint density at radius 2 is 1.78 bits per heavy atom. The molecule has 0 spiro atoms. The van der Waals surface area contributed by atoms with Crippen LogP contribution in [0.4, 0.5) is 10.1 Å². The first-order chi connectivity index (χ1) is 11.1. The number of ether oxygens (including phenoxy) is 1. The standard InChI is InChI=1S/C16H14FNO2.C3H8/c1-11-2-7-14-15(10-11)20-9-8-18(16(14)19)13-5-3-12(17)4-6-13;1-3-2/h2-7,10H,8-9H2,1H3;3H2,1-2H3. The van der Waals surface area contributed by atoms with Gasteiger partial charge in [-0.3, -0.25) is 4.79 Å². The average Bonchev–Trinajstić information content (AvgIpc) is 2.68. The molecule has 1 aliphatic rings. The first-order valence-corrected chi connectivity index (χ1v) is 7.87. The predicted octanol–water partition coefficient (Wildman–Crippen LogP) is 4.59. The Bertz CT molecular complexity index is 668. The van der Waals surface area contributed by atoms with Crippen molar-refractivity contribution >= 4 is 11.6 Å². The highest BCUT2D eigenvalue weighted by atomic mass is 19.1. The molecular formula is C19H22FNO2. The Labute approximate surface area is 136 Å². The summed E-state index contributed by atoms with van der Waals surface area (Å²) in [5.41, 5.74) is 2.26. The van der Waals surface area contributed by atoms with E-state index >= 15 is 0 Å². The topological polar surface area (TPSA) is 29.5 Å². The van der Waals surface area contributed by atoms with Gasteiger partial charge in [-0.1, -0.05) is 26.3 Å². The first kappa shape index (κ1) is 17.0. The molecule has 0 saturated heterocycles. The van der Waals surface area contributed by atoms with E-state index in [9.17, 15) is 9.18 Å². The zero-order valence-electron chi connectivity index (χ0n) is 13.8. The number of aryl methyl sites for hydroxylation is 1. The van der Waals surface area contributed by atoms with Crippen molar-refractivity contribution in [1.82, 2.24) is 0 Å². The van der Waals surface area contributed by atoms with Crippen LogP contribution in [0.15, 0.2) is 42.5 Å². The number of fused-ring (bicyclic) bond motifs is 1. The molecule has 2 aromatic carbocycles. The average molecular weight is 315 g/mol. The molecule has 0 atom stereocenters. The highest BCUT2D eigenvalue weighted by Crippen LogP contribution is 2.27. The molecule has 0 bridgehead atoms. The van der Waals surface area contributed by atoms with Crippen molar-refractivity contribution in [2.45, 2.75) is 27.2 Å². The van der Waals surface area contributed by atoms with Gasteiger partial charge in [0, 0.05) is 5.69 Å². The summed E-state index contributed by atoms with van der Waals surface area (Å²) in [6.07, 6.45) is 1.25. The first-order valence-electron chi connectivity index (χ1n) is 7.87. The highest BCUT2D eigenvalue weighted by molar-refractivity contribution is 6.08. The van der Waals surface area contributed by atoms with Gasteiger partial charge in [0.1, 0.15) is 18.2 Å².